The maximum Gasteiger partial charge on any atom is 0.417 e. The number of amides is 1. The molecule has 1 aromatic heterocycles. The average Bonchev–Trinajstić information content (AvgIpc) is 3.29. The molecule has 196 valence electrons. The molecule has 3 heterocycles. The monoisotopic (exact) mass is 496 g/mol. The number of alkyl halides is 3. The van der Waals surface area contributed by atoms with Gasteiger partial charge in [-0.05, 0) is 50.0 Å². The first-order valence-corrected chi connectivity index (χ1v) is 13.0. The molecule has 1 aromatic rings. The summed E-state index contributed by atoms with van der Waals surface area (Å²) in [6.45, 7) is 10.1. The van der Waals surface area contributed by atoms with Gasteiger partial charge in [0.25, 0.3) is 0 Å². The van der Waals surface area contributed by atoms with Crippen LogP contribution in [0.15, 0.2) is 18.5 Å². The van der Waals surface area contributed by atoms with Crippen LogP contribution in [-0.2, 0) is 15.7 Å². The normalized spacial score (nSPS) is 30.2. The van der Waals surface area contributed by atoms with E-state index in [-0.39, 0.29) is 17.2 Å². The van der Waals surface area contributed by atoms with Crippen molar-refractivity contribution in [2.75, 3.05) is 44.3 Å². The van der Waals surface area contributed by atoms with Crippen LogP contribution < -0.4 is 10.2 Å². The first-order chi connectivity index (χ1) is 16.6. The van der Waals surface area contributed by atoms with Crippen molar-refractivity contribution in [2.45, 2.75) is 71.1 Å². The summed E-state index contributed by atoms with van der Waals surface area (Å²) in [7, 11) is 0. The van der Waals surface area contributed by atoms with E-state index >= 15 is 0 Å². The number of nitrogens with zero attached hydrogens (tertiary/aromatic N) is 3. The molecule has 9 heteroatoms. The summed E-state index contributed by atoms with van der Waals surface area (Å²) >= 11 is 0. The zero-order chi connectivity index (χ0) is 25.2. The second-order valence-electron chi connectivity index (χ2n) is 10.8. The van der Waals surface area contributed by atoms with Gasteiger partial charge in [-0.3, -0.25) is 9.78 Å². The number of ether oxygens (including phenoxy) is 1. The summed E-state index contributed by atoms with van der Waals surface area (Å²) < 4.78 is 44.9. The number of carbonyl (C=O) groups is 1. The standard InChI is InChI=1S/C26H39F3N4O2/c1-4-19-17-35-12-6-23(19)31-21-5-7-25(14-21,18(2)3)24(34)33-10-8-32(9-11-33)22-13-20(15-30-16-22)26(27,28)29/h13,15-16,18-19,21,23,31H,4-12,14,17H2,1-3H3/t19?,21-,23?,25+/m1/s1. The van der Waals surface area contributed by atoms with Crippen molar-refractivity contribution >= 4 is 11.6 Å². The Labute approximate surface area is 206 Å². The highest BCUT2D eigenvalue weighted by Gasteiger charge is 2.50. The first kappa shape index (κ1) is 26.2. The van der Waals surface area contributed by atoms with Gasteiger partial charge >= 0.3 is 6.18 Å². The Morgan fingerprint density at radius 3 is 2.63 bits per heavy atom. The zero-order valence-electron chi connectivity index (χ0n) is 21.1. The van der Waals surface area contributed by atoms with Crippen LogP contribution in [0, 0.1) is 17.3 Å². The van der Waals surface area contributed by atoms with E-state index in [2.05, 4.69) is 31.1 Å². The maximum absolute atomic E-state index is 13.8. The van der Waals surface area contributed by atoms with Crippen LogP contribution in [0.2, 0.25) is 0 Å². The Morgan fingerprint density at radius 1 is 1.23 bits per heavy atom. The lowest BCUT2D eigenvalue weighted by molar-refractivity contribution is -0.145. The third-order valence-electron chi connectivity index (χ3n) is 8.51. The van der Waals surface area contributed by atoms with Crippen molar-refractivity contribution in [3.63, 3.8) is 0 Å². The van der Waals surface area contributed by atoms with Crippen molar-refractivity contribution in [1.29, 1.82) is 0 Å². The number of piperazine rings is 1. The summed E-state index contributed by atoms with van der Waals surface area (Å²) in [5.41, 5.74) is -0.672. The lowest BCUT2D eigenvalue weighted by Gasteiger charge is -2.42. The van der Waals surface area contributed by atoms with E-state index in [0.29, 0.717) is 49.9 Å². The second kappa shape index (κ2) is 10.6. The highest BCUT2D eigenvalue weighted by molar-refractivity contribution is 5.84. The minimum absolute atomic E-state index is 0.206. The van der Waals surface area contributed by atoms with E-state index in [9.17, 15) is 18.0 Å². The topological polar surface area (TPSA) is 57.7 Å². The predicted octanol–water partition coefficient (Wildman–Crippen LogP) is 4.35. The molecule has 0 aromatic carbocycles. The summed E-state index contributed by atoms with van der Waals surface area (Å²) in [6.07, 6.45) is 2.72. The summed E-state index contributed by atoms with van der Waals surface area (Å²) in [5, 5.41) is 3.87. The van der Waals surface area contributed by atoms with Crippen molar-refractivity contribution in [1.82, 2.24) is 15.2 Å². The van der Waals surface area contributed by atoms with Crippen LogP contribution in [0.4, 0.5) is 18.9 Å². The van der Waals surface area contributed by atoms with Crippen molar-refractivity contribution in [3.8, 4) is 0 Å². The van der Waals surface area contributed by atoms with E-state index in [1.54, 1.807) is 0 Å². The Balaban J connectivity index is 1.38. The molecule has 2 saturated heterocycles. The van der Waals surface area contributed by atoms with Crippen molar-refractivity contribution < 1.29 is 22.7 Å². The number of halogens is 3. The lowest BCUT2D eigenvalue weighted by Crippen LogP contribution is -2.54. The predicted molar refractivity (Wildman–Crippen MR) is 129 cm³/mol. The minimum atomic E-state index is -4.42. The van der Waals surface area contributed by atoms with Gasteiger partial charge in [0, 0.05) is 51.1 Å². The fourth-order valence-electron chi connectivity index (χ4n) is 6.14. The number of carbonyl (C=O) groups excluding carboxylic acids is 1. The molecule has 1 saturated carbocycles. The summed E-state index contributed by atoms with van der Waals surface area (Å²) in [6, 6.07) is 1.92. The molecule has 0 radical (unpaired) electrons. The summed E-state index contributed by atoms with van der Waals surface area (Å²) in [5.74, 6) is 0.953. The third-order valence-corrected chi connectivity index (χ3v) is 8.51. The van der Waals surface area contributed by atoms with Crippen molar-refractivity contribution in [3.05, 3.63) is 24.0 Å². The molecular weight excluding hydrogens is 457 g/mol. The van der Waals surface area contributed by atoms with E-state index in [0.717, 1.165) is 57.6 Å². The number of anilines is 1. The fraction of sp³-hybridized carbons (Fsp3) is 0.769. The SMILES string of the molecule is CCC1COCCC1N[C@@H]1CC[C@@](C(=O)N2CCN(c3cncc(C(F)(F)F)c3)CC2)(C(C)C)C1. The van der Waals surface area contributed by atoms with E-state index < -0.39 is 11.7 Å². The minimum Gasteiger partial charge on any atom is -0.381 e. The molecule has 4 rings (SSSR count). The molecule has 2 unspecified atom stereocenters. The van der Waals surface area contributed by atoms with E-state index in [4.69, 9.17) is 4.74 Å². The third kappa shape index (κ3) is 5.61. The van der Waals surface area contributed by atoms with E-state index in [1.807, 2.05) is 9.80 Å². The number of pyridine rings is 1. The molecule has 2 aliphatic heterocycles. The van der Waals surface area contributed by atoms with Gasteiger partial charge in [0.15, 0.2) is 0 Å². The highest BCUT2D eigenvalue weighted by atomic mass is 19.4. The van der Waals surface area contributed by atoms with Crippen LogP contribution in [0.3, 0.4) is 0 Å². The van der Waals surface area contributed by atoms with Crippen LogP contribution in [0.5, 0.6) is 0 Å². The number of hydrogen-bond acceptors (Lipinski definition) is 5. The molecule has 1 amide bonds. The number of rotatable bonds is 6. The Morgan fingerprint density at radius 2 is 1.97 bits per heavy atom. The van der Waals surface area contributed by atoms with Crippen LogP contribution in [0.1, 0.15) is 58.4 Å². The second-order valence-corrected chi connectivity index (χ2v) is 10.8. The largest absolute Gasteiger partial charge is 0.417 e. The smallest absolute Gasteiger partial charge is 0.381 e. The van der Waals surface area contributed by atoms with Gasteiger partial charge in [-0.2, -0.15) is 13.2 Å². The van der Waals surface area contributed by atoms with Crippen LogP contribution in [-0.4, -0.2) is 67.3 Å². The molecule has 4 atom stereocenters. The highest BCUT2D eigenvalue weighted by Crippen LogP contribution is 2.46. The lowest BCUT2D eigenvalue weighted by atomic mass is 9.74. The van der Waals surface area contributed by atoms with Gasteiger partial charge in [-0.1, -0.05) is 20.8 Å². The Hall–Kier alpha value is -1.87. The first-order valence-electron chi connectivity index (χ1n) is 13.0. The zero-order valence-corrected chi connectivity index (χ0v) is 21.1. The molecule has 3 aliphatic rings. The number of hydrogen-bond donors (Lipinski definition) is 1. The molecule has 6 nitrogen and oxygen atoms in total. The van der Waals surface area contributed by atoms with E-state index in [1.165, 1.54) is 6.20 Å². The van der Waals surface area contributed by atoms with Crippen LogP contribution in [0.25, 0.3) is 0 Å². The van der Waals surface area contributed by atoms with Gasteiger partial charge in [-0.15, -0.1) is 0 Å². The molecule has 1 N–H and O–H groups in total. The van der Waals surface area contributed by atoms with Gasteiger partial charge in [-0.25, -0.2) is 0 Å². The Bertz CT molecular complexity index is 872. The average molecular weight is 497 g/mol. The van der Waals surface area contributed by atoms with Gasteiger partial charge in [0.1, 0.15) is 0 Å². The molecular formula is C26H39F3N4O2. The van der Waals surface area contributed by atoms with Gasteiger partial charge in [0.2, 0.25) is 5.91 Å². The molecule has 1 aliphatic carbocycles. The van der Waals surface area contributed by atoms with Crippen molar-refractivity contribution in [2.24, 2.45) is 17.3 Å². The number of nitrogens with one attached hydrogen (secondary N) is 1. The molecule has 3 fully saturated rings. The molecule has 0 bridgehead atoms. The van der Waals surface area contributed by atoms with Gasteiger partial charge < -0.3 is 19.9 Å². The summed E-state index contributed by atoms with van der Waals surface area (Å²) in [4.78, 5) is 21.5. The maximum atomic E-state index is 13.8. The quantitative estimate of drug-likeness (QED) is 0.635. The number of aromatic nitrogens is 1. The molecule has 0 spiro atoms. The van der Waals surface area contributed by atoms with Crippen LogP contribution >= 0.6 is 0 Å². The Kier molecular flexibility index (Phi) is 7.95. The van der Waals surface area contributed by atoms with Gasteiger partial charge in [0.05, 0.1) is 29.5 Å². The fourth-order valence-corrected chi connectivity index (χ4v) is 6.14. The molecule has 35 heavy (non-hydrogen) atoms.